The van der Waals surface area contributed by atoms with Crippen LogP contribution in [-0.4, -0.2) is 21.3 Å². The summed E-state index contributed by atoms with van der Waals surface area (Å²) in [6.45, 7) is 2.19. The number of rotatable bonds is 4. The normalized spacial score (nSPS) is 23.7. The van der Waals surface area contributed by atoms with Crippen LogP contribution < -0.4 is 4.90 Å². The summed E-state index contributed by atoms with van der Waals surface area (Å²) in [7, 11) is 0. The molecule has 1 aliphatic heterocycles. The van der Waals surface area contributed by atoms with Gasteiger partial charge in [0.15, 0.2) is 4.32 Å². The van der Waals surface area contributed by atoms with E-state index in [1.165, 1.54) is 28.8 Å². The number of thioether (sulfide) groups is 1. The summed E-state index contributed by atoms with van der Waals surface area (Å²) in [5, 5.41) is 8.98. The molecule has 4 rings (SSSR count). The van der Waals surface area contributed by atoms with Crippen LogP contribution in [0.1, 0.15) is 41.1 Å². The van der Waals surface area contributed by atoms with Crippen molar-refractivity contribution in [2.24, 2.45) is 5.92 Å². The minimum absolute atomic E-state index is 0.159. The van der Waals surface area contributed by atoms with Gasteiger partial charge in [0, 0.05) is 12.0 Å². The third-order valence-corrected chi connectivity index (χ3v) is 5.86. The van der Waals surface area contributed by atoms with Gasteiger partial charge in [-0.2, -0.15) is 0 Å². The molecule has 7 heteroatoms. The first kappa shape index (κ1) is 17.1. The zero-order valence-corrected chi connectivity index (χ0v) is 15.5. The van der Waals surface area contributed by atoms with E-state index in [0.29, 0.717) is 32.5 Å². The second-order valence-electron chi connectivity index (χ2n) is 6.43. The fourth-order valence-electron chi connectivity index (χ4n) is 2.94. The van der Waals surface area contributed by atoms with Crippen molar-refractivity contribution in [1.29, 1.82) is 0 Å². The molecule has 2 atom stereocenters. The summed E-state index contributed by atoms with van der Waals surface area (Å²) in [5.41, 5.74) is 0.708. The van der Waals surface area contributed by atoms with E-state index in [1.807, 2.05) is 12.1 Å². The zero-order valence-electron chi connectivity index (χ0n) is 13.8. The van der Waals surface area contributed by atoms with Gasteiger partial charge in [-0.1, -0.05) is 30.9 Å². The van der Waals surface area contributed by atoms with Crippen molar-refractivity contribution in [2.45, 2.75) is 19.3 Å². The Morgan fingerprint density at radius 2 is 2.00 bits per heavy atom. The van der Waals surface area contributed by atoms with Crippen molar-refractivity contribution in [3.05, 3.63) is 58.4 Å². The van der Waals surface area contributed by atoms with Crippen LogP contribution in [-0.2, 0) is 4.79 Å². The molecule has 2 aliphatic rings. The second kappa shape index (κ2) is 6.41. The van der Waals surface area contributed by atoms with Crippen molar-refractivity contribution in [2.75, 3.05) is 4.90 Å². The number of nitrogens with zero attached hydrogens (tertiary/aromatic N) is 1. The van der Waals surface area contributed by atoms with E-state index >= 15 is 0 Å². The number of carboxylic acids is 1. The summed E-state index contributed by atoms with van der Waals surface area (Å²) in [4.78, 5) is 25.6. The van der Waals surface area contributed by atoms with Gasteiger partial charge in [-0.05, 0) is 48.7 Å². The van der Waals surface area contributed by atoms with Gasteiger partial charge in [-0.25, -0.2) is 4.79 Å². The van der Waals surface area contributed by atoms with Crippen molar-refractivity contribution in [1.82, 2.24) is 0 Å². The molecular weight excluding hydrogens is 370 g/mol. The number of benzene rings is 1. The molecule has 2 fully saturated rings. The van der Waals surface area contributed by atoms with Crippen LogP contribution in [0.4, 0.5) is 5.69 Å². The van der Waals surface area contributed by atoms with Gasteiger partial charge in [0.05, 0.1) is 16.2 Å². The minimum Gasteiger partial charge on any atom is -0.478 e. The molecule has 0 unspecified atom stereocenters. The van der Waals surface area contributed by atoms with Crippen molar-refractivity contribution < 1.29 is 19.1 Å². The zero-order chi connectivity index (χ0) is 18.4. The van der Waals surface area contributed by atoms with Crippen LogP contribution in [0.25, 0.3) is 6.08 Å². The Kier molecular flexibility index (Phi) is 4.20. The molecule has 1 amide bonds. The van der Waals surface area contributed by atoms with Crippen LogP contribution in [0.15, 0.2) is 45.7 Å². The van der Waals surface area contributed by atoms with Gasteiger partial charge in [0.1, 0.15) is 11.5 Å². The SMILES string of the molecule is C[C@H]1C[C@@H]1c1ccc(/C=C2\SC(=S)N(c3ccc(C(=O)O)cc3)C2=O)o1. The first-order valence-electron chi connectivity index (χ1n) is 8.15. The van der Waals surface area contributed by atoms with E-state index in [2.05, 4.69) is 6.92 Å². The highest BCUT2D eigenvalue weighted by Crippen LogP contribution is 2.47. The van der Waals surface area contributed by atoms with Gasteiger partial charge >= 0.3 is 5.97 Å². The number of anilines is 1. The highest BCUT2D eigenvalue weighted by Gasteiger charge is 2.37. The van der Waals surface area contributed by atoms with E-state index in [9.17, 15) is 9.59 Å². The number of hydrogen-bond acceptors (Lipinski definition) is 5. The first-order valence-corrected chi connectivity index (χ1v) is 9.37. The van der Waals surface area contributed by atoms with Gasteiger partial charge in [-0.15, -0.1) is 0 Å². The van der Waals surface area contributed by atoms with Crippen molar-refractivity contribution in [3.63, 3.8) is 0 Å². The van der Waals surface area contributed by atoms with Gasteiger partial charge in [0.25, 0.3) is 5.91 Å². The molecule has 1 saturated carbocycles. The average molecular weight is 385 g/mol. The predicted molar refractivity (Wildman–Crippen MR) is 104 cm³/mol. The van der Waals surface area contributed by atoms with Crippen LogP contribution in [0.2, 0.25) is 0 Å². The molecule has 1 aliphatic carbocycles. The van der Waals surface area contributed by atoms with Crippen LogP contribution >= 0.6 is 24.0 Å². The fourth-order valence-corrected chi connectivity index (χ4v) is 4.22. The average Bonchev–Trinajstić information content (AvgIpc) is 3.04. The maximum absolute atomic E-state index is 12.7. The molecule has 5 nitrogen and oxygen atoms in total. The lowest BCUT2D eigenvalue weighted by Gasteiger charge is -2.14. The quantitative estimate of drug-likeness (QED) is 0.617. The lowest BCUT2D eigenvalue weighted by molar-refractivity contribution is -0.113. The summed E-state index contributed by atoms with van der Waals surface area (Å²) >= 11 is 6.54. The summed E-state index contributed by atoms with van der Waals surface area (Å²) in [6.07, 6.45) is 2.85. The van der Waals surface area contributed by atoms with E-state index in [-0.39, 0.29) is 11.5 Å². The maximum Gasteiger partial charge on any atom is 0.335 e. The molecule has 26 heavy (non-hydrogen) atoms. The number of carbonyl (C=O) groups is 2. The topological polar surface area (TPSA) is 70.8 Å². The smallest absolute Gasteiger partial charge is 0.335 e. The number of carbonyl (C=O) groups excluding carboxylic acids is 1. The summed E-state index contributed by atoms with van der Waals surface area (Å²) < 4.78 is 6.25. The van der Waals surface area contributed by atoms with Gasteiger partial charge < -0.3 is 9.52 Å². The second-order valence-corrected chi connectivity index (χ2v) is 8.10. The summed E-state index contributed by atoms with van der Waals surface area (Å²) in [6, 6.07) is 9.90. The van der Waals surface area contributed by atoms with E-state index < -0.39 is 5.97 Å². The summed E-state index contributed by atoms with van der Waals surface area (Å²) in [5.74, 6) is 1.49. The Balaban J connectivity index is 1.56. The third-order valence-electron chi connectivity index (χ3n) is 4.56. The molecule has 1 aromatic carbocycles. The fraction of sp³-hybridized carbons (Fsp3) is 0.211. The third kappa shape index (κ3) is 3.08. The van der Waals surface area contributed by atoms with Crippen LogP contribution in [0.3, 0.4) is 0 Å². The number of furan rings is 1. The van der Waals surface area contributed by atoms with E-state index in [0.717, 1.165) is 12.2 Å². The largest absolute Gasteiger partial charge is 0.478 e. The van der Waals surface area contributed by atoms with Crippen LogP contribution in [0, 0.1) is 5.92 Å². The number of hydrogen-bond donors (Lipinski definition) is 1. The standard InChI is InChI=1S/C19H15NO4S2/c1-10-8-14(10)15-7-6-13(24-15)9-16-17(21)20(19(25)26-16)12-4-2-11(3-5-12)18(22)23/h2-7,9-10,14H,8H2,1H3,(H,22,23)/b16-9-/t10-,14-/m0/s1. The lowest BCUT2D eigenvalue weighted by atomic mass is 10.2. The Morgan fingerprint density at radius 1 is 1.31 bits per heavy atom. The molecule has 132 valence electrons. The van der Waals surface area contributed by atoms with E-state index in [4.69, 9.17) is 21.7 Å². The van der Waals surface area contributed by atoms with Crippen molar-refractivity contribution in [3.8, 4) is 0 Å². The molecule has 0 spiro atoms. The highest BCUT2D eigenvalue weighted by atomic mass is 32.2. The highest BCUT2D eigenvalue weighted by molar-refractivity contribution is 8.27. The maximum atomic E-state index is 12.7. The Morgan fingerprint density at radius 3 is 2.62 bits per heavy atom. The Bertz CT molecular complexity index is 945. The van der Waals surface area contributed by atoms with Gasteiger partial charge in [0.2, 0.25) is 0 Å². The molecule has 0 bridgehead atoms. The van der Waals surface area contributed by atoms with Gasteiger partial charge in [-0.3, -0.25) is 9.69 Å². The number of thiocarbonyl (C=S) groups is 1. The number of amides is 1. The van der Waals surface area contributed by atoms with E-state index in [1.54, 1.807) is 18.2 Å². The molecule has 1 aromatic heterocycles. The lowest BCUT2D eigenvalue weighted by Crippen LogP contribution is -2.27. The first-order chi connectivity index (χ1) is 12.4. The minimum atomic E-state index is -1.01. The molecule has 1 saturated heterocycles. The molecular formula is C19H15NO4S2. The van der Waals surface area contributed by atoms with Crippen molar-refractivity contribution >= 4 is 51.9 Å². The number of aromatic carboxylic acids is 1. The molecule has 0 radical (unpaired) electrons. The number of carboxylic acid groups (broad SMARTS) is 1. The van der Waals surface area contributed by atoms with Crippen LogP contribution in [0.5, 0.6) is 0 Å². The molecule has 1 N–H and O–H groups in total. The predicted octanol–water partition coefficient (Wildman–Crippen LogP) is 4.51. The molecule has 2 aromatic rings. The molecule has 2 heterocycles. The Labute approximate surface area is 159 Å². The monoisotopic (exact) mass is 385 g/mol. The Hall–Kier alpha value is -2.38.